The van der Waals surface area contributed by atoms with Crippen molar-refractivity contribution in [1.29, 1.82) is 0 Å². The number of hydrogen-bond acceptors (Lipinski definition) is 7. The van der Waals surface area contributed by atoms with Crippen molar-refractivity contribution >= 4 is 17.9 Å². The SMILES string of the molecule is C=C1C=CC[C@@]2(C)[C@@H](OC(C)=O)[C@H](O)C3=C(C)[C@@H](OC(C)=O)C[C@@H]([C@@H](OC(C)=O)[C@H]12)C3(C)C. The van der Waals surface area contributed by atoms with Gasteiger partial charge in [-0.1, -0.05) is 39.5 Å². The van der Waals surface area contributed by atoms with E-state index in [1.165, 1.54) is 20.8 Å². The number of rotatable bonds is 3. The van der Waals surface area contributed by atoms with Crippen LogP contribution < -0.4 is 0 Å². The second-order valence-corrected chi connectivity index (χ2v) is 10.5. The van der Waals surface area contributed by atoms with Crippen molar-refractivity contribution in [3.8, 4) is 0 Å². The second-order valence-electron chi connectivity index (χ2n) is 10.5. The molecule has 1 fully saturated rings. The molecular formula is C26H36O7. The molecule has 3 aliphatic carbocycles. The maximum atomic E-state index is 12.3. The quantitative estimate of drug-likeness (QED) is 0.390. The molecule has 3 aliphatic rings. The minimum Gasteiger partial charge on any atom is -0.462 e. The molecular weight excluding hydrogens is 424 g/mol. The Morgan fingerprint density at radius 1 is 1.03 bits per heavy atom. The van der Waals surface area contributed by atoms with E-state index in [0.717, 1.165) is 11.1 Å². The van der Waals surface area contributed by atoms with Gasteiger partial charge in [-0.15, -0.1) is 0 Å². The van der Waals surface area contributed by atoms with Crippen molar-refractivity contribution in [2.45, 2.75) is 85.7 Å². The van der Waals surface area contributed by atoms with Crippen LogP contribution in [0.15, 0.2) is 35.5 Å². The molecule has 3 rings (SSSR count). The first-order valence-corrected chi connectivity index (χ1v) is 11.5. The summed E-state index contributed by atoms with van der Waals surface area (Å²) in [7, 11) is 0. The molecule has 7 heteroatoms. The van der Waals surface area contributed by atoms with Gasteiger partial charge in [-0.3, -0.25) is 14.4 Å². The Balaban J connectivity index is 2.34. The Morgan fingerprint density at radius 3 is 2.15 bits per heavy atom. The first-order chi connectivity index (χ1) is 15.2. The molecule has 0 aromatic carbocycles. The predicted molar refractivity (Wildman–Crippen MR) is 122 cm³/mol. The number of carbonyl (C=O) groups is 3. The van der Waals surface area contributed by atoms with Gasteiger partial charge in [0.2, 0.25) is 0 Å². The van der Waals surface area contributed by atoms with E-state index in [4.69, 9.17) is 14.2 Å². The third kappa shape index (κ3) is 4.27. The Morgan fingerprint density at radius 2 is 1.61 bits per heavy atom. The van der Waals surface area contributed by atoms with E-state index in [9.17, 15) is 19.5 Å². The number of allylic oxidation sites excluding steroid dienone is 2. The monoisotopic (exact) mass is 460 g/mol. The van der Waals surface area contributed by atoms with E-state index in [2.05, 4.69) is 6.58 Å². The van der Waals surface area contributed by atoms with Crippen LogP contribution in [0.5, 0.6) is 0 Å². The van der Waals surface area contributed by atoms with Gasteiger partial charge >= 0.3 is 17.9 Å². The van der Waals surface area contributed by atoms with Gasteiger partial charge in [-0.25, -0.2) is 0 Å². The van der Waals surface area contributed by atoms with Gasteiger partial charge in [0.05, 0.1) is 0 Å². The first kappa shape index (κ1) is 25.2. The summed E-state index contributed by atoms with van der Waals surface area (Å²) < 4.78 is 17.5. The molecule has 0 saturated heterocycles. The first-order valence-electron chi connectivity index (χ1n) is 11.5. The van der Waals surface area contributed by atoms with E-state index in [1.54, 1.807) is 0 Å². The molecule has 0 heterocycles. The normalized spacial score (nSPS) is 37.4. The van der Waals surface area contributed by atoms with Gasteiger partial charge in [0.15, 0.2) is 0 Å². The lowest BCUT2D eigenvalue weighted by molar-refractivity contribution is -0.190. The van der Waals surface area contributed by atoms with Crippen molar-refractivity contribution < 1.29 is 33.7 Å². The van der Waals surface area contributed by atoms with Crippen molar-refractivity contribution in [2.24, 2.45) is 22.7 Å². The van der Waals surface area contributed by atoms with Gasteiger partial charge in [0, 0.05) is 38.0 Å². The fourth-order valence-corrected chi connectivity index (χ4v) is 6.54. The van der Waals surface area contributed by atoms with E-state index in [1.807, 2.05) is 39.8 Å². The van der Waals surface area contributed by atoms with Gasteiger partial charge in [-0.2, -0.15) is 0 Å². The molecule has 0 amide bonds. The number of aliphatic hydroxyl groups is 1. The van der Waals surface area contributed by atoms with Crippen LogP contribution in [0.1, 0.15) is 61.3 Å². The molecule has 33 heavy (non-hydrogen) atoms. The van der Waals surface area contributed by atoms with Crippen LogP contribution in [0, 0.1) is 22.7 Å². The average Bonchev–Trinajstić information content (AvgIpc) is 2.65. The lowest BCUT2D eigenvalue weighted by Crippen LogP contribution is -2.62. The molecule has 0 spiro atoms. The Kier molecular flexibility index (Phi) is 6.68. The lowest BCUT2D eigenvalue weighted by atomic mass is 9.50. The van der Waals surface area contributed by atoms with Crippen molar-refractivity contribution in [2.75, 3.05) is 0 Å². The van der Waals surface area contributed by atoms with Crippen LogP contribution >= 0.6 is 0 Å². The summed E-state index contributed by atoms with van der Waals surface area (Å²) in [5.74, 6) is -2.05. The molecule has 7 nitrogen and oxygen atoms in total. The smallest absolute Gasteiger partial charge is 0.303 e. The Bertz CT molecular complexity index is 927. The van der Waals surface area contributed by atoms with Crippen LogP contribution in [0.2, 0.25) is 0 Å². The van der Waals surface area contributed by atoms with Crippen molar-refractivity contribution in [3.63, 3.8) is 0 Å². The molecule has 0 aromatic heterocycles. The van der Waals surface area contributed by atoms with Crippen molar-refractivity contribution in [1.82, 2.24) is 0 Å². The topological polar surface area (TPSA) is 99.1 Å². The van der Waals surface area contributed by atoms with E-state index in [-0.39, 0.29) is 5.92 Å². The number of esters is 3. The highest BCUT2D eigenvalue weighted by atomic mass is 16.6. The number of hydrogen-bond donors (Lipinski definition) is 1. The number of ether oxygens (including phenoxy) is 3. The van der Waals surface area contributed by atoms with Gasteiger partial charge in [-0.05, 0) is 41.9 Å². The Labute approximate surface area is 195 Å². The van der Waals surface area contributed by atoms with E-state index < -0.39 is 59.1 Å². The largest absolute Gasteiger partial charge is 0.462 e. The fourth-order valence-electron chi connectivity index (χ4n) is 6.54. The van der Waals surface area contributed by atoms with Crippen LogP contribution in [0.4, 0.5) is 0 Å². The zero-order valence-corrected chi connectivity index (χ0v) is 20.6. The summed E-state index contributed by atoms with van der Waals surface area (Å²) >= 11 is 0. The summed E-state index contributed by atoms with van der Waals surface area (Å²) in [4.78, 5) is 36.4. The predicted octanol–water partition coefficient (Wildman–Crippen LogP) is 3.66. The average molecular weight is 461 g/mol. The lowest BCUT2D eigenvalue weighted by Gasteiger charge is -2.58. The van der Waals surface area contributed by atoms with Crippen LogP contribution in [-0.4, -0.2) is 47.4 Å². The number of carbonyl (C=O) groups excluding carboxylic acids is 3. The van der Waals surface area contributed by atoms with Gasteiger partial charge in [0.1, 0.15) is 24.4 Å². The molecule has 7 atom stereocenters. The van der Waals surface area contributed by atoms with Gasteiger partial charge < -0.3 is 19.3 Å². The summed E-state index contributed by atoms with van der Waals surface area (Å²) in [6.45, 7) is 16.1. The zero-order chi connectivity index (χ0) is 24.9. The summed E-state index contributed by atoms with van der Waals surface area (Å²) in [5, 5.41) is 11.8. The molecule has 0 unspecified atom stereocenters. The third-order valence-corrected chi connectivity index (χ3v) is 7.86. The molecule has 182 valence electrons. The highest BCUT2D eigenvalue weighted by Gasteiger charge is 2.61. The highest BCUT2D eigenvalue weighted by Crippen LogP contribution is 2.59. The second kappa shape index (κ2) is 8.75. The zero-order valence-electron chi connectivity index (χ0n) is 20.6. The summed E-state index contributed by atoms with van der Waals surface area (Å²) in [5.41, 5.74) is 0.736. The molecule has 1 saturated carbocycles. The van der Waals surface area contributed by atoms with Crippen LogP contribution in [0.25, 0.3) is 0 Å². The third-order valence-electron chi connectivity index (χ3n) is 7.86. The fraction of sp³-hybridized carbons (Fsp3) is 0.654. The molecule has 1 N–H and O–H groups in total. The standard InChI is InChI=1S/C26H36O7/c1-13-10-9-11-26(8)20(13)23(32-16(4)28)18-12-19(31-15(3)27)14(2)21(25(18,6)7)22(30)24(26)33-17(5)29/h9-10,18-20,22-24,30H,1,11-12H2,2-8H3/t18-,19-,20-,22+,23+,24-,26+/m0/s1. The maximum Gasteiger partial charge on any atom is 0.303 e. The highest BCUT2D eigenvalue weighted by molar-refractivity contribution is 5.68. The van der Waals surface area contributed by atoms with E-state index in [0.29, 0.717) is 18.4 Å². The van der Waals surface area contributed by atoms with E-state index >= 15 is 0 Å². The summed E-state index contributed by atoms with van der Waals surface area (Å²) in [6, 6.07) is 0. The Hall–Kier alpha value is -2.41. The molecule has 0 radical (unpaired) electrons. The molecule has 0 aliphatic heterocycles. The minimum absolute atomic E-state index is 0.273. The minimum atomic E-state index is -1.13. The molecule has 0 aromatic rings. The summed E-state index contributed by atoms with van der Waals surface area (Å²) in [6.07, 6.45) is 1.56. The van der Waals surface area contributed by atoms with Crippen LogP contribution in [0.3, 0.4) is 0 Å². The maximum absolute atomic E-state index is 12.3. The van der Waals surface area contributed by atoms with Gasteiger partial charge in [0.25, 0.3) is 0 Å². The van der Waals surface area contributed by atoms with Crippen molar-refractivity contribution in [3.05, 3.63) is 35.5 Å². The van der Waals surface area contributed by atoms with Crippen LogP contribution in [-0.2, 0) is 28.6 Å². The molecule has 2 bridgehead atoms. The number of fused-ring (bicyclic) bond motifs is 3. The number of aliphatic hydroxyl groups excluding tert-OH is 1.